The van der Waals surface area contributed by atoms with Crippen molar-refractivity contribution in [2.45, 2.75) is 95.9 Å². The Morgan fingerprint density at radius 2 is 1.13 bits per heavy atom. The van der Waals surface area contributed by atoms with E-state index >= 15 is 0 Å². The molecular weight excluding hydrogens is 883 g/mol. The van der Waals surface area contributed by atoms with Crippen molar-refractivity contribution in [3.8, 4) is 11.8 Å². The third-order valence-corrected chi connectivity index (χ3v) is 12.1. The SMILES string of the molecule is CC(NC(=O)C(C)(C)Oc1ccccn1)C(Cc1ccc(Cl)c(Cc2cccc(C(Cc3ccc(Cl)cc3)C(C)NC(=O)C(C)(C)Oc3ccccn3)c2)c1)c1cccc(Br)c1. The van der Waals surface area contributed by atoms with Gasteiger partial charge in [0.25, 0.3) is 11.8 Å². The topological polar surface area (TPSA) is 102 Å². The number of carbonyl (C=O) groups excluding carboxylic acids is 2. The quantitative estimate of drug-likeness (QED) is 0.0890. The number of carbonyl (C=O) groups is 2. The summed E-state index contributed by atoms with van der Waals surface area (Å²) in [5, 5.41) is 7.83. The molecule has 8 nitrogen and oxygen atoms in total. The smallest absolute Gasteiger partial charge is 0.263 e. The first-order chi connectivity index (χ1) is 29.6. The van der Waals surface area contributed by atoms with E-state index < -0.39 is 11.2 Å². The van der Waals surface area contributed by atoms with Crippen molar-refractivity contribution >= 4 is 50.9 Å². The number of halogens is 3. The van der Waals surface area contributed by atoms with Gasteiger partial charge in [-0.15, -0.1) is 0 Å². The van der Waals surface area contributed by atoms with E-state index in [9.17, 15) is 9.59 Å². The van der Waals surface area contributed by atoms with Crippen LogP contribution in [0.15, 0.2) is 144 Å². The van der Waals surface area contributed by atoms with E-state index in [0.717, 1.165) is 37.9 Å². The summed E-state index contributed by atoms with van der Waals surface area (Å²) < 4.78 is 13.0. The Balaban J connectivity index is 1.23. The van der Waals surface area contributed by atoms with Crippen molar-refractivity contribution in [2.75, 3.05) is 0 Å². The average Bonchev–Trinajstić information content (AvgIpc) is 3.24. The zero-order valence-electron chi connectivity index (χ0n) is 35.9. The van der Waals surface area contributed by atoms with Gasteiger partial charge >= 0.3 is 0 Å². The van der Waals surface area contributed by atoms with Crippen molar-refractivity contribution in [3.63, 3.8) is 0 Å². The Morgan fingerprint density at radius 3 is 1.66 bits per heavy atom. The second-order valence-corrected chi connectivity index (χ2v) is 18.5. The van der Waals surface area contributed by atoms with Crippen LogP contribution in [-0.4, -0.2) is 45.1 Å². The Labute approximate surface area is 383 Å². The van der Waals surface area contributed by atoms with Crippen molar-refractivity contribution in [1.29, 1.82) is 0 Å². The molecule has 62 heavy (non-hydrogen) atoms. The molecule has 0 fully saturated rings. The third kappa shape index (κ3) is 12.7. The molecule has 2 aromatic heterocycles. The Hall–Kier alpha value is -5.22. The van der Waals surface area contributed by atoms with E-state index in [-0.39, 0.29) is 35.7 Å². The van der Waals surface area contributed by atoms with Crippen LogP contribution in [-0.2, 0) is 28.9 Å². The number of hydrogen-bond acceptors (Lipinski definition) is 6. The second-order valence-electron chi connectivity index (χ2n) is 16.7. The molecule has 4 aromatic carbocycles. The lowest BCUT2D eigenvalue weighted by atomic mass is 9.84. The minimum Gasteiger partial charge on any atom is -0.462 e. The summed E-state index contributed by atoms with van der Waals surface area (Å²) in [6.45, 7) is 11.0. The second kappa shape index (κ2) is 20.8. The molecule has 2 amide bonds. The maximum absolute atomic E-state index is 13.8. The van der Waals surface area contributed by atoms with Crippen LogP contribution in [0.1, 0.15) is 86.8 Å². The molecule has 11 heteroatoms. The highest BCUT2D eigenvalue weighted by molar-refractivity contribution is 9.10. The van der Waals surface area contributed by atoms with Gasteiger partial charge in [-0.05, 0) is 137 Å². The number of aromatic nitrogens is 2. The van der Waals surface area contributed by atoms with E-state index in [2.05, 4.69) is 85.1 Å². The molecule has 2 heterocycles. The maximum Gasteiger partial charge on any atom is 0.263 e. The minimum atomic E-state index is -1.17. The fourth-order valence-corrected chi connectivity index (χ4v) is 8.20. The Morgan fingerprint density at radius 1 is 0.613 bits per heavy atom. The first kappa shape index (κ1) is 46.3. The summed E-state index contributed by atoms with van der Waals surface area (Å²) in [4.78, 5) is 36.0. The standard InChI is InChI=1S/C51H53BrCl2N4O4/c1-33(57-48(59)50(3,4)61-46-17-7-9-25-55-46)43(30-35-19-22-42(53)23-20-35)38-14-11-13-36(27-38)28-40-29-37(21-24-45(40)54)31-44(39-15-12-16-41(52)32-39)34(2)58-49(60)51(5,6)62-47-18-8-10-26-56-47/h7-27,29,32-34,43-44H,28,30-31H2,1-6H3,(H,57,59)(H,58,60). The van der Waals surface area contributed by atoms with Gasteiger partial charge in [0, 0.05) is 63.0 Å². The third-order valence-electron chi connectivity index (χ3n) is 11.0. The molecule has 0 saturated carbocycles. The predicted molar refractivity (Wildman–Crippen MR) is 252 cm³/mol. The van der Waals surface area contributed by atoms with Crippen LogP contribution < -0.4 is 20.1 Å². The normalized spacial score (nSPS) is 13.6. The fraction of sp³-hybridized carbons (Fsp3) is 0.294. The van der Waals surface area contributed by atoms with Crippen LogP contribution in [0.4, 0.5) is 0 Å². The number of nitrogens with one attached hydrogen (secondary N) is 2. The van der Waals surface area contributed by atoms with E-state index in [1.807, 2.05) is 68.4 Å². The van der Waals surface area contributed by atoms with Crippen LogP contribution in [0.3, 0.4) is 0 Å². The number of pyridine rings is 2. The van der Waals surface area contributed by atoms with Crippen LogP contribution >= 0.6 is 39.1 Å². The van der Waals surface area contributed by atoms with Gasteiger partial charge in [-0.2, -0.15) is 0 Å². The summed E-state index contributed by atoms with van der Waals surface area (Å²) >= 11 is 16.9. The van der Waals surface area contributed by atoms with Crippen molar-refractivity contribution in [1.82, 2.24) is 20.6 Å². The highest BCUT2D eigenvalue weighted by atomic mass is 79.9. The highest BCUT2D eigenvalue weighted by Gasteiger charge is 2.35. The summed E-state index contributed by atoms with van der Waals surface area (Å²) in [7, 11) is 0. The predicted octanol–water partition coefficient (Wildman–Crippen LogP) is 11.5. The molecule has 6 aromatic rings. The molecule has 4 unspecified atom stereocenters. The molecule has 0 aliphatic heterocycles. The maximum atomic E-state index is 13.8. The van der Waals surface area contributed by atoms with Gasteiger partial charge in [0.2, 0.25) is 11.8 Å². The van der Waals surface area contributed by atoms with Crippen LogP contribution in [0.2, 0.25) is 10.0 Å². The zero-order valence-corrected chi connectivity index (χ0v) is 39.0. The molecular formula is C51H53BrCl2N4O4. The van der Waals surface area contributed by atoms with E-state index in [4.69, 9.17) is 32.7 Å². The van der Waals surface area contributed by atoms with Gasteiger partial charge < -0.3 is 20.1 Å². The Kier molecular flexibility index (Phi) is 15.5. The molecule has 0 saturated heterocycles. The molecule has 0 aliphatic rings. The lowest BCUT2D eigenvalue weighted by Crippen LogP contribution is -2.51. The number of rotatable bonds is 18. The molecule has 0 radical (unpaired) electrons. The van der Waals surface area contributed by atoms with E-state index in [1.54, 1.807) is 64.4 Å². The molecule has 4 atom stereocenters. The monoisotopic (exact) mass is 934 g/mol. The summed E-state index contributed by atoms with van der Waals surface area (Å²) in [6.07, 6.45) is 5.17. The molecule has 0 aliphatic carbocycles. The average molecular weight is 937 g/mol. The van der Waals surface area contributed by atoms with Crippen molar-refractivity contribution in [3.05, 3.63) is 188 Å². The van der Waals surface area contributed by atoms with Gasteiger partial charge in [0.1, 0.15) is 0 Å². The summed E-state index contributed by atoms with van der Waals surface area (Å²) in [5.41, 5.74) is 4.09. The van der Waals surface area contributed by atoms with Crippen molar-refractivity contribution in [2.24, 2.45) is 0 Å². The van der Waals surface area contributed by atoms with Gasteiger partial charge in [-0.25, -0.2) is 9.97 Å². The molecule has 2 N–H and O–H groups in total. The van der Waals surface area contributed by atoms with E-state index in [1.165, 1.54) is 0 Å². The molecule has 322 valence electrons. The number of nitrogens with zero attached hydrogens (tertiary/aromatic N) is 2. The fourth-order valence-electron chi connectivity index (χ4n) is 7.47. The molecule has 0 bridgehead atoms. The Bertz CT molecular complexity index is 2430. The summed E-state index contributed by atoms with van der Waals surface area (Å²) in [5.74, 6) is 0.113. The summed E-state index contributed by atoms with van der Waals surface area (Å²) in [6, 6.07) is 40.9. The number of amides is 2. The minimum absolute atomic E-state index is 0.0795. The van der Waals surface area contributed by atoms with Gasteiger partial charge in [-0.3, -0.25) is 9.59 Å². The lowest BCUT2D eigenvalue weighted by Gasteiger charge is -2.31. The van der Waals surface area contributed by atoms with Gasteiger partial charge in [-0.1, -0.05) is 112 Å². The number of benzene rings is 4. The van der Waals surface area contributed by atoms with Gasteiger partial charge in [0.05, 0.1) is 0 Å². The first-order valence-corrected chi connectivity index (χ1v) is 22.3. The largest absolute Gasteiger partial charge is 0.462 e. The van der Waals surface area contributed by atoms with Gasteiger partial charge in [0.15, 0.2) is 11.2 Å². The number of hydrogen-bond donors (Lipinski definition) is 2. The molecule has 0 spiro atoms. The van der Waals surface area contributed by atoms with Crippen LogP contribution in [0, 0.1) is 0 Å². The van der Waals surface area contributed by atoms with E-state index in [0.29, 0.717) is 41.1 Å². The highest BCUT2D eigenvalue weighted by Crippen LogP contribution is 2.32. The molecule has 6 rings (SSSR count). The zero-order chi connectivity index (χ0) is 44.4. The van der Waals surface area contributed by atoms with Crippen molar-refractivity contribution < 1.29 is 19.1 Å². The lowest BCUT2D eigenvalue weighted by molar-refractivity contribution is -0.135. The van der Waals surface area contributed by atoms with Crippen LogP contribution in [0.25, 0.3) is 0 Å². The number of ether oxygens (including phenoxy) is 2. The van der Waals surface area contributed by atoms with Crippen LogP contribution in [0.5, 0.6) is 11.8 Å². The first-order valence-electron chi connectivity index (χ1n) is 20.7.